The first-order chi connectivity index (χ1) is 8.24. The SMILES string of the molecule is Nc1ccc2c(c1)oc(=O)n2COCC1CC1. The third kappa shape index (κ3) is 2.06. The van der Waals surface area contributed by atoms with E-state index < -0.39 is 5.76 Å². The Morgan fingerprint density at radius 2 is 2.29 bits per heavy atom. The molecule has 0 saturated heterocycles. The van der Waals surface area contributed by atoms with E-state index in [4.69, 9.17) is 14.9 Å². The minimum atomic E-state index is -0.401. The maximum Gasteiger partial charge on any atom is 0.421 e. The van der Waals surface area contributed by atoms with E-state index >= 15 is 0 Å². The maximum absolute atomic E-state index is 11.6. The van der Waals surface area contributed by atoms with Crippen LogP contribution in [0.4, 0.5) is 5.69 Å². The molecule has 17 heavy (non-hydrogen) atoms. The zero-order valence-electron chi connectivity index (χ0n) is 9.39. The van der Waals surface area contributed by atoms with Crippen LogP contribution in [-0.4, -0.2) is 11.2 Å². The van der Waals surface area contributed by atoms with Crippen LogP contribution in [0.15, 0.2) is 27.4 Å². The van der Waals surface area contributed by atoms with Gasteiger partial charge in [0.2, 0.25) is 0 Å². The summed E-state index contributed by atoms with van der Waals surface area (Å²) in [5.41, 5.74) is 7.44. The van der Waals surface area contributed by atoms with Crippen LogP contribution in [0, 0.1) is 5.92 Å². The molecule has 0 spiro atoms. The molecular formula is C12H14N2O3. The van der Waals surface area contributed by atoms with Gasteiger partial charge in [-0.15, -0.1) is 0 Å². The Morgan fingerprint density at radius 3 is 3.06 bits per heavy atom. The molecule has 5 nitrogen and oxygen atoms in total. The molecule has 0 bridgehead atoms. The largest absolute Gasteiger partial charge is 0.421 e. The molecule has 1 aliphatic rings. The second-order valence-corrected chi connectivity index (χ2v) is 4.47. The van der Waals surface area contributed by atoms with Crippen LogP contribution in [0.25, 0.3) is 11.1 Å². The van der Waals surface area contributed by atoms with E-state index in [-0.39, 0.29) is 6.73 Å². The summed E-state index contributed by atoms with van der Waals surface area (Å²) in [6, 6.07) is 5.17. The molecule has 0 atom stereocenters. The fourth-order valence-corrected chi connectivity index (χ4v) is 1.80. The molecule has 1 aromatic carbocycles. The average Bonchev–Trinajstić information content (AvgIpc) is 3.04. The standard InChI is InChI=1S/C12H14N2O3/c13-9-3-4-10-11(5-9)17-12(15)14(10)7-16-6-8-1-2-8/h3-5,8H,1-2,6-7,13H2. The van der Waals surface area contributed by atoms with Gasteiger partial charge < -0.3 is 14.9 Å². The topological polar surface area (TPSA) is 70.4 Å². The van der Waals surface area contributed by atoms with E-state index in [0.29, 0.717) is 23.8 Å². The molecule has 1 aromatic heterocycles. The van der Waals surface area contributed by atoms with Crippen LogP contribution in [-0.2, 0) is 11.5 Å². The molecule has 0 aliphatic heterocycles. The molecule has 2 aromatic rings. The molecule has 1 fully saturated rings. The number of rotatable bonds is 4. The van der Waals surface area contributed by atoms with Crippen molar-refractivity contribution in [1.29, 1.82) is 0 Å². The van der Waals surface area contributed by atoms with Crippen molar-refractivity contribution in [2.24, 2.45) is 5.92 Å². The zero-order valence-corrected chi connectivity index (χ0v) is 9.39. The van der Waals surface area contributed by atoms with Crippen molar-refractivity contribution in [2.45, 2.75) is 19.6 Å². The van der Waals surface area contributed by atoms with Gasteiger partial charge in [0, 0.05) is 11.8 Å². The lowest BCUT2D eigenvalue weighted by Gasteiger charge is -2.03. The molecule has 0 radical (unpaired) electrons. The number of aromatic nitrogens is 1. The lowest BCUT2D eigenvalue weighted by Crippen LogP contribution is -2.16. The van der Waals surface area contributed by atoms with Crippen LogP contribution in [0.3, 0.4) is 0 Å². The second-order valence-electron chi connectivity index (χ2n) is 4.47. The van der Waals surface area contributed by atoms with Gasteiger partial charge in [0.15, 0.2) is 5.58 Å². The first-order valence-corrected chi connectivity index (χ1v) is 5.70. The Bertz CT molecular complexity index is 595. The highest BCUT2D eigenvalue weighted by Crippen LogP contribution is 2.28. The predicted octanol–water partition coefficient (Wildman–Crippen LogP) is 1.56. The number of oxazole rings is 1. The van der Waals surface area contributed by atoms with Gasteiger partial charge in [0.25, 0.3) is 0 Å². The molecule has 90 valence electrons. The maximum atomic E-state index is 11.6. The monoisotopic (exact) mass is 234 g/mol. The molecule has 0 amide bonds. The van der Waals surface area contributed by atoms with Gasteiger partial charge in [0.05, 0.1) is 12.1 Å². The first kappa shape index (κ1) is 10.4. The fraction of sp³-hybridized carbons (Fsp3) is 0.417. The predicted molar refractivity (Wildman–Crippen MR) is 63.6 cm³/mol. The first-order valence-electron chi connectivity index (χ1n) is 5.70. The molecular weight excluding hydrogens is 220 g/mol. The summed E-state index contributed by atoms with van der Waals surface area (Å²) >= 11 is 0. The normalized spacial score (nSPS) is 15.5. The zero-order chi connectivity index (χ0) is 11.8. The minimum Gasteiger partial charge on any atom is -0.408 e. The molecule has 3 rings (SSSR count). The van der Waals surface area contributed by atoms with Crippen LogP contribution in [0.2, 0.25) is 0 Å². The number of ether oxygens (including phenoxy) is 1. The summed E-state index contributed by atoms with van der Waals surface area (Å²) in [5.74, 6) is 0.279. The van der Waals surface area contributed by atoms with Crippen molar-refractivity contribution in [2.75, 3.05) is 12.3 Å². The van der Waals surface area contributed by atoms with Gasteiger partial charge >= 0.3 is 5.76 Å². The third-order valence-corrected chi connectivity index (χ3v) is 2.96. The lowest BCUT2D eigenvalue weighted by molar-refractivity contribution is 0.0671. The summed E-state index contributed by atoms with van der Waals surface area (Å²) in [6.45, 7) is 0.959. The summed E-state index contributed by atoms with van der Waals surface area (Å²) in [5, 5.41) is 0. The summed E-state index contributed by atoms with van der Waals surface area (Å²) in [7, 11) is 0. The number of anilines is 1. The number of nitrogens with two attached hydrogens (primary N) is 1. The van der Waals surface area contributed by atoms with E-state index in [0.717, 1.165) is 5.52 Å². The van der Waals surface area contributed by atoms with Gasteiger partial charge in [0.1, 0.15) is 6.73 Å². The number of fused-ring (bicyclic) bond motifs is 1. The van der Waals surface area contributed by atoms with Crippen LogP contribution >= 0.6 is 0 Å². The molecule has 1 saturated carbocycles. The highest BCUT2D eigenvalue weighted by molar-refractivity contribution is 5.76. The summed E-state index contributed by atoms with van der Waals surface area (Å²) in [4.78, 5) is 11.6. The quantitative estimate of drug-likeness (QED) is 0.815. The Kier molecular flexibility index (Phi) is 2.40. The van der Waals surface area contributed by atoms with Gasteiger partial charge in [-0.1, -0.05) is 0 Å². The van der Waals surface area contributed by atoms with Gasteiger partial charge in [-0.2, -0.15) is 0 Å². The highest BCUT2D eigenvalue weighted by atomic mass is 16.5. The summed E-state index contributed by atoms with van der Waals surface area (Å²) < 4.78 is 12.1. The van der Waals surface area contributed by atoms with Crippen LogP contribution < -0.4 is 11.5 Å². The van der Waals surface area contributed by atoms with E-state index in [1.807, 2.05) is 0 Å². The van der Waals surface area contributed by atoms with Gasteiger partial charge in [-0.05, 0) is 30.9 Å². The number of hydrogen-bond donors (Lipinski definition) is 1. The molecule has 1 heterocycles. The Morgan fingerprint density at radius 1 is 1.47 bits per heavy atom. The van der Waals surface area contributed by atoms with Crippen molar-refractivity contribution in [3.63, 3.8) is 0 Å². The summed E-state index contributed by atoms with van der Waals surface area (Å²) in [6.07, 6.45) is 2.47. The van der Waals surface area contributed by atoms with Crippen molar-refractivity contribution in [1.82, 2.24) is 4.57 Å². The lowest BCUT2D eigenvalue weighted by atomic mass is 10.3. The second kappa shape index (κ2) is 3.92. The Balaban J connectivity index is 1.86. The van der Waals surface area contributed by atoms with E-state index in [9.17, 15) is 4.79 Å². The Labute approximate surface area is 97.8 Å². The molecule has 1 aliphatic carbocycles. The highest BCUT2D eigenvalue weighted by Gasteiger charge is 2.21. The Hall–Kier alpha value is -1.75. The minimum absolute atomic E-state index is 0.242. The number of nitrogen functional groups attached to an aromatic ring is 1. The smallest absolute Gasteiger partial charge is 0.408 e. The van der Waals surface area contributed by atoms with E-state index in [2.05, 4.69) is 0 Å². The van der Waals surface area contributed by atoms with E-state index in [1.54, 1.807) is 18.2 Å². The molecule has 5 heteroatoms. The fourth-order valence-electron chi connectivity index (χ4n) is 1.80. The van der Waals surface area contributed by atoms with Crippen molar-refractivity contribution < 1.29 is 9.15 Å². The molecule has 0 unspecified atom stereocenters. The number of hydrogen-bond acceptors (Lipinski definition) is 4. The van der Waals surface area contributed by atoms with Gasteiger partial charge in [-0.25, -0.2) is 9.36 Å². The van der Waals surface area contributed by atoms with Gasteiger partial charge in [-0.3, -0.25) is 0 Å². The van der Waals surface area contributed by atoms with Crippen molar-refractivity contribution in [3.05, 3.63) is 28.7 Å². The average molecular weight is 234 g/mol. The van der Waals surface area contributed by atoms with Crippen LogP contribution in [0.1, 0.15) is 12.8 Å². The number of nitrogens with zero attached hydrogens (tertiary/aromatic N) is 1. The van der Waals surface area contributed by atoms with E-state index in [1.165, 1.54) is 17.4 Å². The van der Waals surface area contributed by atoms with Crippen molar-refractivity contribution >= 4 is 16.8 Å². The number of benzene rings is 1. The van der Waals surface area contributed by atoms with Crippen molar-refractivity contribution in [3.8, 4) is 0 Å². The molecule has 2 N–H and O–H groups in total. The van der Waals surface area contributed by atoms with Crippen LogP contribution in [0.5, 0.6) is 0 Å². The third-order valence-electron chi connectivity index (χ3n) is 2.96.